The van der Waals surface area contributed by atoms with Crippen molar-refractivity contribution in [2.75, 3.05) is 19.8 Å². The van der Waals surface area contributed by atoms with Crippen LogP contribution in [0.25, 0.3) is 0 Å². The monoisotopic (exact) mass is 565 g/mol. The van der Waals surface area contributed by atoms with Crippen LogP contribution in [-0.4, -0.2) is 114 Å². The summed E-state index contributed by atoms with van der Waals surface area (Å²) in [5.41, 5.74) is 5.91. The van der Waals surface area contributed by atoms with Crippen LogP contribution in [0.2, 0.25) is 0 Å². The SMILES string of the molecule is C[C@@H](NC(=O)Cn1cnnn1)[C@H]1C(=O)N2C(C(=O)O)=C(S[C@@H]3CNC(C(=O)N4C[C@@H](N)C[C@H]4CF)C3)[C@H](C)[C@H]12. The Balaban J connectivity index is 1.23. The molecule has 14 nitrogen and oxygen atoms in total. The zero-order valence-corrected chi connectivity index (χ0v) is 22.4. The largest absolute Gasteiger partial charge is 0.477 e. The molecule has 3 fully saturated rings. The number of aliphatic carboxylic acids is 1. The van der Waals surface area contributed by atoms with Crippen LogP contribution in [0.4, 0.5) is 4.39 Å². The minimum absolute atomic E-state index is 0.0382. The Labute approximate surface area is 227 Å². The maximum atomic E-state index is 13.4. The molecule has 0 aromatic carbocycles. The number of hydrogen-bond donors (Lipinski definition) is 4. The van der Waals surface area contributed by atoms with Gasteiger partial charge in [-0.05, 0) is 30.2 Å². The van der Waals surface area contributed by atoms with E-state index in [0.717, 1.165) is 0 Å². The van der Waals surface area contributed by atoms with Crippen LogP contribution < -0.4 is 16.4 Å². The molecule has 4 aliphatic rings. The third kappa shape index (κ3) is 5.00. The van der Waals surface area contributed by atoms with Gasteiger partial charge in [-0.2, -0.15) is 0 Å². The first-order valence-electron chi connectivity index (χ1n) is 12.9. The summed E-state index contributed by atoms with van der Waals surface area (Å²) >= 11 is 1.37. The van der Waals surface area contributed by atoms with E-state index in [9.17, 15) is 28.7 Å². The summed E-state index contributed by atoms with van der Waals surface area (Å²) in [6.45, 7) is 3.65. The van der Waals surface area contributed by atoms with Crippen LogP contribution in [0.5, 0.6) is 0 Å². The molecule has 5 rings (SSSR count). The molecule has 8 atom stereocenters. The van der Waals surface area contributed by atoms with E-state index in [0.29, 0.717) is 30.8 Å². The Morgan fingerprint density at radius 1 is 1.36 bits per heavy atom. The number of halogens is 1. The van der Waals surface area contributed by atoms with Crippen molar-refractivity contribution in [2.24, 2.45) is 17.6 Å². The van der Waals surface area contributed by atoms with E-state index in [1.807, 2.05) is 6.92 Å². The minimum Gasteiger partial charge on any atom is -0.477 e. The molecule has 0 bridgehead atoms. The van der Waals surface area contributed by atoms with Crippen molar-refractivity contribution in [1.29, 1.82) is 0 Å². The van der Waals surface area contributed by atoms with E-state index in [4.69, 9.17) is 5.73 Å². The molecule has 1 aromatic rings. The lowest BCUT2D eigenvalue weighted by molar-refractivity contribution is -0.158. The highest BCUT2D eigenvalue weighted by atomic mass is 32.2. The van der Waals surface area contributed by atoms with Crippen molar-refractivity contribution in [1.82, 2.24) is 40.6 Å². The second-order valence-corrected chi connectivity index (χ2v) is 12.0. The summed E-state index contributed by atoms with van der Waals surface area (Å²) in [5, 5.41) is 26.5. The number of tetrazole rings is 1. The Hall–Kier alpha value is -3.11. The molecule has 5 N–H and O–H groups in total. The number of aromatic nitrogens is 4. The first-order chi connectivity index (χ1) is 18.6. The van der Waals surface area contributed by atoms with Gasteiger partial charge in [-0.1, -0.05) is 6.92 Å². The number of rotatable bonds is 9. The zero-order valence-electron chi connectivity index (χ0n) is 21.6. The third-order valence-electron chi connectivity index (χ3n) is 8.01. The molecule has 212 valence electrons. The standard InChI is InChI=1S/C23H32FN9O5S/c1-10-18-17(11(2)28-16(34)8-31-9-27-29-30-31)22(36)33(18)19(23(37)38)20(10)39-14-4-15(26-6-14)21(35)32-7-12(25)3-13(32)5-24/h9-15,17-18,26H,3-8,25H2,1-2H3,(H,28,34)(H,37,38)/t10-,11-,12+,13+,14+,15?,17-,18-/m1/s1. The number of alkyl halides is 1. The molecule has 3 amide bonds. The fourth-order valence-corrected chi connectivity index (χ4v) is 7.69. The third-order valence-corrected chi connectivity index (χ3v) is 9.52. The molecule has 4 aliphatic heterocycles. The molecule has 1 aromatic heterocycles. The Morgan fingerprint density at radius 3 is 2.79 bits per heavy atom. The molecular weight excluding hydrogens is 533 g/mol. The van der Waals surface area contributed by atoms with Crippen molar-refractivity contribution in [3.8, 4) is 0 Å². The lowest BCUT2D eigenvalue weighted by Crippen LogP contribution is -2.66. The van der Waals surface area contributed by atoms with Crippen LogP contribution in [0.15, 0.2) is 16.9 Å². The van der Waals surface area contributed by atoms with Gasteiger partial charge in [0.25, 0.3) is 0 Å². The van der Waals surface area contributed by atoms with Crippen molar-refractivity contribution >= 4 is 35.5 Å². The second-order valence-electron chi connectivity index (χ2n) is 10.6. The molecule has 0 aliphatic carbocycles. The normalized spacial score (nSPS) is 32.8. The fourth-order valence-electron chi connectivity index (χ4n) is 6.22. The molecule has 0 radical (unpaired) electrons. The summed E-state index contributed by atoms with van der Waals surface area (Å²) in [7, 11) is 0. The summed E-state index contributed by atoms with van der Waals surface area (Å²) in [6, 6.07) is -2.20. The highest BCUT2D eigenvalue weighted by molar-refractivity contribution is 8.03. The lowest BCUT2D eigenvalue weighted by Gasteiger charge is -2.47. The number of fused-ring (bicyclic) bond motifs is 1. The molecule has 1 unspecified atom stereocenters. The Bertz CT molecular complexity index is 1180. The van der Waals surface area contributed by atoms with E-state index in [1.165, 1.54) is 32.6 Å². The number of nitrogens with one attached hydrogen (secondary N) is 2. The van der Waals surface area contributed by atoms with Gasteiger partial charge in [0.15, 0.2) is 0 Å². The quantitative estimate of drug-likeness (QED) is 0.250. The zero-order chi connectivity index (χ0) is 28.0. The number of β-lactam (4-membered cyclic amide) rings is 1. The molecular formula is C23H32FN9O5S. The predicted molar refractivity (Wildman–Crippen MR) is 135 cm³/mol. The molecule has 39 heavy (non-hydrogen) atoms. The minimum atomic E-state index is -1.19. The van der Waals surface area contributed by atoms with E-state index in [2.05, 4.69) is 26.2 Å². The maximum absolute atomic E-state index is 13.4. The lowest BCUT2D eigenvalue weighted by atomic mass is 9.78. The Morgan fingerprint density at radius 2 is 2.13 bits per heavy atom. The number of thioether (sulfide) groups is 1. The number of carbonyl (C=O) groups is 4. The number of likely N-dealkylation sites (tertiary alicyclic amines) is 1. The molecule has 0 saturated carbocycles. The first kappa shape index (κ1) is 27.5. The summed E-state index contributed by atoms with van der Waals surface area (Å²) in [6.07, 6.45) is 2.19. The van der Waals surface area contributed by atoms with Gasteiger partial charge in [0.2, 0.25) is 17.7 Å². The summed E-state index contributed by atoms with van der Waals surface area (Å²) in [5.74, 6) is -2.96. The Kier molecular flexibility index (Phi) is 7.61. The van der Waals surface area contributed by atoms with E-state index in [1.54, 1.807) is 6.92 Å². The molecule has 5 heterocycles. The highest BCUT2D eigenvalue weighted by Gasteiger charge is 2.60. The average molecular weight is 566 g/mol. The van der Waals surface area contributed by atoms with Gasteiger partial charge >= 0.3 is 5.97 Å². The number of amides is 3. The molecule has 3 saturated heterocycles. The van der Waals surface area contributed by atoms with E-state index in [-0.39, 0.29) is 47.2 Å². The van der Waals surface area contributed by atoms with E-state index < -0.39 is 42.7 Å². The number of hydrogen-bond acceptors (Lipinski definition) is 10. The fraction of sp³-hybridized carbons (Fsp3) is 0.696. The molecule has 16 heteroatoms. The number of carboxylic acids is 1. The number of carboxylic acid groups (broad SMARTS) is 1. The van der Waals surface area contributed by atoms with Gasteiger partial charge in [0.1, 0.15) is 25.2 Å². The van der Waals surface area contributed by atoms with Crippen molar-refractivity contribution in [3.63, 3.8) is 0 Å². The van der Waals surface area contributed by atoms with Crippen molar-refractivity contribution in [2.45, 2.75) is 68.7 Å². The van der Waals surface area contributed by atoms with Crippen LogP contribution in [0.3, 0.4) is 0 Å². The van der Waals surface area contributed by atoms with Crippen LogP contribution in [0, 0.1) is 11.8 Å². The van der Waals surface area contributed by atoms with Crippen LogP contribution in [0.1, 0.15) is 26.7 Å². The van der Waals surface area contributed by atoms with Gasteiger partial charge in [0, 0.05) is 41.2 Å². The summed E-state index contributed by atoms with van der Waals surface area (Å²) in [4.78, 5) is 54.3. The van der Waals surface area contributed by atoms with Crippen LogP contribution in [-0.2, 0) is 25.7 Å². The van der Waals surface area contributed by atoms with Crippen molar-refractivity contribution in [3.05, 3.63) is 16.9 Å². The van der Waals surface area contributed by atoms with Crippen LogP contribution >= 0.6 is 11.8 Å². The number of carbonyl (C=O) groups excluding carboxylic acids is 3. The summed E-state index contributed by atoms with van der Waals surface area (Å²) < 4.78 is 14.7. The molecule has 0 spiro atoms. The first-order valence-corrected chi connectivity index (χ1v) is 13.8. The highest BCUT2D eigenvalue weighted by Crippen LogP contribution is 2.51. The van der Waals surface area contributed by atoms with Crippen molar-refractivity contribution < 1.29 is 28.7 Å². The predicted octanol–water partition coefficient (Wildman–Crippen LogP) is -1.69. The topological polar surface area (TPSA) is 189 Å². The van der Waals surface area contributed by atoms with Gasteiger partial charge in [0.05, 0.1) is 24.0 Å². The van der Waals surface area contributed by atoms with Gasteiger partial charge in [-0.25, -0.2) is 13.9 Å². The van der Waals surface area contributed by atoms with Gasteiger partial charge in [-0.3, -0.25) is 14.4 Å². The average Bonchev–Trinajstić information content (AvgIpc) is 3.67. The number of nitrogens with two attached hydrogens (primary N) is 1. The van der Waals surface area contributed by atoms with E-state index >= 15 is 0 Å². The number of nitrogens with zero attached hydrogens (tertiary/aromatic N) is 6. The van der Waals surface area contributed by atoms with Gasteiger partial charge < -0.3 is 31.3 Å². The second kappa shape index (κ2) is 10.8. The maximum Gasteiger partial charge on any atom is 0.353 e. The van der Waals surface area contributed by atoms with Gasteiger partial charge in [-0.15, -0.1) is 16.9 Å². The smallest absolute Gasteiger partial charge is 0.353 e.